The maximum Gasteiger partial charge on any atom is 2.00 e. The number of hydrogen-bond acceptors (Lipinski definition) is 0. The quantitative estimate of drug-likeness (QED) is 0.538. The van der Waals surface area contributed by atoms with Crippen molar-refractivity contribution in [3.63, 3.8) is 0 Å². The molecule has 1 radical (unpaired) electrons. The molecule has 0 aromatic carbocycles. The van der Waals surface area contributed by atoms with Crippen LogP contribution in [0.15, 0.2) is 0 Å². The molecule has 0 N–H and O–H groups in total. The molecule has 0 rings (SSSR count). The summed E-state index contributed by atoms with van der Waals surface area (Å²) in [6.45, 7) is 0. The smallest absolute Gasteiger partial charge is 1.00 e. The molecule has 0 aliphatic carbocycles. The van der Waals surface area contributed by atoms with E-state index in [0.29, 0.717) is 0 Å². The van der Waals surface area contributed by atoms with Crippen LogP contribution >= 0.6 is 0 Å². The molecule has 0 spiro atoms. The predicted molar refractivity (Wildman–Crippen MR) is 16.0 cm³/mol. The zero-order valence-electron chi connectivity index (χ0n) is 6.49. The Labute approximate surface area is 142 Å². The zero-order valence-corrected chi connectivity index (χ0v) is 13.4. The molecule has 0 heterocycles. The van der Waals surface area contributed by atoms with Gasteiger partial charge in [0.1, 0.15) is 0 Å². The van der Waals surface area contributed by atoms with Crippen molar-refractivity contribution in [1.29, 1.82) is 0 Å². The van der Waals surface area contributed by atoms with E-state index in [2.05, 4.69) is 0 Å². The third-order valence-corrected chi connectivity index (χ3v) is 0. The molecular weight excluding hydrogens is 314 g/mol. The first-order chi connectivity index (χ1) is 0. The first kappa shape index (κ1) is 23.4. The van der Waals surface area contributed by atoms with E-state index in [1.165, 1.54) is 0 Å². The van der Waals surface area contributed by atoms with Crippen molar-refractivity contribution in [2.45, 2.75) is 0 Å². The van der Waals surface area contributed by atoms with Gasteiger partial charge in [0.15, 0.2) is 0 Å². The second kappa shape index (κ2) is 15.6. The third kappa shape index (κ3) is 9.82. The first-order valence-electron chi connectivity index (χ1n) is 0. The van der Waals surface area contributed by atoms with Crippen LogP contribution in [0.4, 0.5) is 0 Å². The molecule has 0 aromatic rings. The van der Waals surface area contributed by atoms with Gasteiger partial charge >= 0.3 is 83.2 Å². The fourth-order valence-corrected chi connectivity index (χ4v) is 0. The molecule has 0 fully saturated rings. The molecule has 0 saturated carbocycles. The van der Waals surface area contributed by atoms with E-state index in [-0.39, 0.29) is 146 Å². The van der Waals surface area contributed by atoms with Crippen molar-refractivity contribution >= 4 is 83.2 Å². The molecule has 0 bridgehead atoms. The second-order valence-corrected chi connectivity index (χ2v) is 0. The summed E-state index contributed by atoms with van der Waals surface area (Å²) < 4.78 is 0. The van der Waals surface area contributed by atoms with Gasteiger partial charge in [-0.2, -0.15) is 0 Å². The van der Waals surface area contributed by atoms with Crippen LogP contribution in [0, 0.1) is 35.6 Å². The van der Waals surface area contributed by atoms with Gasteiger partial charge in [0, 0.05) is 57.3 Å². The standard InChI is InChI=1S/Ca.La.Sr.Ti.4H/q+2;;+2;;4*-1. The summed E-state index contributed by atoms with van der Waals surface area (Å²) in [4.78, 5) is 0. The average molecular weight is 319 g/mol. The molecule has 0 saturated heterocycles. The molecule has 0 aliphatic heterocycles. The molecule has 0 aliphatic rings. The summed E-state index contributed by atoms with van der Waals surface area (Å²) in [6, 6.07) is 0. The molecule has 0 aromatic heterocycles. The molecule has 15 valence electrons. The average Bonchev–Trinajstić information content (AvgIpc) is 0. The minimum atomic E-state index is 0. The first-order valence-corrected chi connectivity index (χ1v) is 0. The topological polar surface area (TPSA) is 0 Å². The van der Waals surface area contributed by atoms with Crippen LogP contribution in [0.2, 0.25) is 0 Å². The van der Waals surface area contributed by atoms with Crippen molar-refractivity contribution < 1.29 is 63.0 Å². The van der Waals surface area contributed by atoms with Crippen LogP contribution in [-0.4, -0.2) is 83.2 Å². The Morgan fingerprint density at radius 3 is 1.25 bits per heavy atom. The largest absolute Gasteiger partial charge is 2.00 e. The van der Waals surface area contributed by atoms with Crippen LogP contribution in [0.25, 0.3) is 0 Å². The van der Waals surface area contributed by atoms with Crippen LogP contribution in [0.1, 0.15) is 5.71 Å². The minimum Gasteiger partial charge on any atom is -1.00 e. The fraction of sp³-hybridized carbons (Fsp3) is 0. The van der Waals surface area contributed by atoms with Gasteiger partial charge in [-0.1, -0.05) is 0 Å². The van der Waals surface area contributed by atoms with E-state index in [9.17, 15) is 0 Å². The molecule has 4 heteroatoms. The number of rotatable bonds is 0. The summed E-state index contributed by atoms with van der Waals surface area (Å²) in [7, 11) is 0. The van der Waals surface area contributed by atoms with Gasteiger partial charge in [0.2, 0.25) is 0 Å². The Morgan fingerprint density at radius 2 is 1.25 bits per heavy atom. The Hall–Kier alpha value is 4.65. The van der Waals surface area contributed by atoms with E-state index >= 15 is 0 Å². The normalized spacial score (nSPS) is 0. The van der Waals surface area contributed by atoms with Crippen molar-refractivity contribution in [3.05, 3.63) is 0 Å². The summed E-state index contributed by atoms with van der Waals surface area (Å²) in [6.07, 6.45) is 0. The predicted octanol–water partition coefficient (Wildman–Crippen LogP) is -0.314. The van der Waals surface area contributed by atoms with Gasteiger partial charge in [0.05, 0.1) is 0 Å². The van der Waals surface area contributed by atoms with Crippen molar-refractivity contribution in [3.8, 4) is 0 Å². The van der Waals surface area contributed by atoms with E-state index < -0.39 is 0 Å². The Kier molecular flexibility index (Phi) is 91.6. The fourth-order valence-electron chi connectivity index (χ4n) is 0. The summed E-state index contributed by atoms with van der Waals surface area (Å²) in [5.74, 6) is 0. The van der Waals surface area contributed by atoms with Gasteiger partial charge in [0.25, 0.3) is 0 Å². The van der Waals surface area contributed by atoms with E-state index in [4.69, 9.17) is 0 Å². The van der Waals surface area contributed by atoms with Crippen LogP contribution < -0.4 is 0 Å². The van der Waals surface area contributed by atoms with Gasteiger partial charge in [-0.05, 0) is 0 Å². The maximum atomic E-state index is 0. The molecule has 0 atom stereocenters. The van der Waals surface area contributed by atoms with E-state index in [1.807, 2.05) is 0 Å². The van der Waals surface area contributed by atoms with Crippen molar-refractivity contribution in [2.24, 2.45) is 0 Å². The molecule has 0 nitrogen and oxygen atoms in total. The SMILES string of the molecule is [Ca+2].[H-].[H-].[H-].[H-].[La].[Sr+2].[Ti]. The summed E-state index contributed by atoms with van der Waals surface area (Å²) in [5, 5.41) is 0. The van der Waals surface area contributed by atoms with E-state index in [0.717, 1.165) is 0 Å². The molecule has 0 amide bonds. The van der Waals surface area contributed by atoms with Gasteiger partial charge in [-0.25, -0.2) is 0 Å². The molecular formula is H4CaLaSrTi. The van der Waals surface area contributed by atoms with Gasteiger partial charge in [-0.3, -0.25) is 0 Å². The second-order valence-electron chi connectivity index (χ2n) is 0. The Morgan fingerprint density at radius 1 is 1.25 bits per heavy atom. The Bertz CT molecular complexity index is 16.0. The monoisotopic (exact) mass is 319 g/mol. The molecule has 0 unspecified atom stereocenters. The summed E-state index contributed by atoms with van der Waals surface area (Å²) in [5.41, 5.74) is 0. The zero-order chi connectivity index (χ0) is 0. The Balaban J connectivity index is 0. The van der Waals surface area contributed by atoms with Crippen LogP contribution in [-0.2, 0) is 21.7 Å². The minimum absolute atomic E-state index is 0. The van der Waals surface area contributed by atoms with Crippen molar-refractivity contribution in [1.82, 2.24) is 0 Å². The van der Waals surface area contributed by atoms with Crippen LogP contribution in [0.3, 0.4) is 0 Å². The van der Waals surface area contributed by atoms with E-state index in [1.54, 1.807) is 0 Å². The van der Waals surface area contributed by atoms with Gasteiger partial charge in [-0.15, -0.1) is 0 Å². The van der Waals surface area contributed by atoms with Gasteiger partial charge < -0.3 is 5.71 Å². The maximum absolute atomic E-state index is 0. The molecule has 4 heavy (non-hydrogen) atoms. The third-order valence-electron chi connectivity index (χ3n) is 0. The van der Waals surface area contributed by atoms with Crippen LogP contribution in [0.5, 0.6) is 0 Å². The summed E-state index contributed by atoms with van der Waals surface area (Å²) >= 11 is 0. The number of hydrogen-bond donors (Lipinski definition) is 0. The van der Waals surface area contributed by atoms with Crippen molar-refractivity contribution in [2.75, 3.05) is 0 Å².